The lowest BCUT2D eigenvalue weighted by Crippen LogP contribution is -2.09. The molecule has 0 radical (unpaired) electrons. The molecule has 2 heteroatoms. The molecular formula is C19H36O2. The number of allylic oxidation sites excluding steroid dienone is 1. The van der Waals surface area contributed by atoms with E-state index in [1.807, 2.05) is 20.8 Å². The minimum atomic E-state index is -0.117. The Hall–Kier alpha value is -0.790. The van der Waals surface area contributed by atoms with Gasteiger partial charge < -0.3 is 4.74 Å². The summed E-state index contributed by atoms with van der Waals surface area (Å²) in [4.78, 5) is 11.8. The van der Waals surface area contributed by atoms with Crippen molar-refractivity contribution in [2.45, 2.75) is 98.3 Å². The lowest BCUT2D eigenvalue weighted by molar-refractivity contribution is -0.138. The molecule has 21 heavy (non-hydrogen) atoms. The van der Waals surface area contributed by atoms with Crippen LogP contribution in [0.1, 0.15) is 98.3 Å². The highest BCUT2D eigenvalue weighted by Gasteiger charge is 2.11. The molecule has 0 atom stereocenters. The maximum Gasteiger partial charge on any atom is 0.333 e. The van der Waals surface area contributed by atoms with Crippen LogP contribution < -0.4 is 0 Å². The average Bonchev–Trinajstić information content (AvgIpc) is 2.44. The van der Waals surface area contributed by atoms with Crippen LogP contribution in [0.5, 0.6) is 0 Å². The Kier molecular flexibility index (Phi) is 13.6. The summed E-state index contributed by atoms with van der Waals surface area (Å²) < 4.78 is 5.11. The minimum Gasteiger partial charge on any atom is -0.463 e. The van der Waals surface area contributed by atoms with E-state index >= 15 is 0 Å². The molecule has 0 fully saturated rings. The third-order valence-electron chi connectivity index (χ3n) is 3.91. The van der Waals surface area contributed by atoms with E-state index in [-0.39, 0.29) is 5.97 Å². The number of rotatable bonds is 13. The summed E-state index contributed by atoms with van der Waals surface area (Å²) in [5.74, 6) is -0.117. The van der Waals surface area contributed by atoms with E-state index in [2.05, 4.69) is 6.92 Å². The fourth-order valence-electron chi connectivity index (χ4n) is 2.56. The lowest BCUT2D eigenvalue weighted by atomic mass is 10.0. The number of unbranched alkanes of at least 4 members (excludes halogenated alkanes) is 9. The second-order valence-corrected chi connectivity index (χ2v) is 6.13. The molecule has 0 rings (SSSR count). The van der Waals surface area contributed by atoms with Crippen molar-refractivity contribution in [3.05, 3.63) is 11.1 Å². The van der Waals surface area contributed by atoms with E-state index in [0.29, 0.717) is 6.61 Å². The first-order valence-corrected chi connectivity index (χ1v) is 8.96. The number of ether oxygens (including phenoxy) is 1. The molecule has 0 bridgehead atoms. The van der Waals surface area contributed by atoms with Gasteiger partial charge in [0.25, 0.3) is 0 Å². The van der Waals surface area contributed by atoms with Crippen molar-refractivity contribution in [1.29, 1.82) is 0 Å². The van der Waals surface area contributed by atoms with Crippen LogP contribution in [0.25, 0.3) is 0 Å². The van der Waals surface area contributed by atoms with E-state index in [0.717, 1.165) is 24.0 Å². The number of carbonyl (C=O) groups is 1. The van der Waals surface area contributed by atoms with Crippen molar-refractivity contribution in [3.63, 3.8) is 0 Å². The summed E-state index contributed by atoms with van der Waals surface area (Å²) in [5, 5.41) is 0. The smallest absolute Gasteiger partial charge is 0.333 e. The van der Waals surface area contributed by atoms with Crippen molar-refractivity contribution in [2.75, 3.05) is 6.61 Å². The predicted octanol–water partition coefficient (Wildman–Crippen LogP) is 6.20. The molecule has 0 saturated carbocycles. The maximum atomic E-state index is 11.8. The van der Waals surface area contributed by atoms with E-state index in [9.17, 15) is 4.79 Å². The van der Waals surface area contributed by atoms with Crippen LogP contribution in [0.4, 0.5) is 0 Å². The van der Waals surface area contributed by atoms with Crippen molar-refractivity contribution in [2.24, 2.45) is 0 Å². The zero-order valence-corrected chi connectivity index (χ0v) is 14.8. The molecule has 124 valence electrons. The molecule has 2 nitrogen and oxygen atoms in total. The van der Waals surface area contributed by atoms with E-state index < -0.39 is 0 Å². The van der Waals surface area contributed by atoms with Gasteiger partial charge in [0.05, 0.1) is 6.61 Å². The van der Waals surface area contributed by atoms with Crippen LogP contribution in [0.3, 0.4) is 0 Å². The molecule has 0 aliphatic carbocycles. The summed E-state index contributed by atoms with van der Waals surface area (Å²) in [7, 11) is 0. The number of hydrogen-bond acceptors (Lipinski definition) is 2. The van der Waals surface area contributed by atoms with Crippen LogP contribution in [-0.4, -0.2) is 12.6 Å². The van der Waals surface area contributed by atoms with Gasteiger partial charge in [-0.25, -0.2) is 4.79 Å². The first-order chi connectivity index (χ1) is 10.1. The molecule has 0 aliphatic rings. The van der Waals surface area contributed by atoms with Gasteiger partial charge in [-0.1, -0.05) is 70.3 Å². The largest absolute Gasteiger partial charge is 0.463 e. The second kappa shape index (κ2) is 14.2. The van der Waals surface area contributed by atoms with Crippen LogP contribution in [0.15, 0.2) is 11.1 Å². The number of carbonyl (C=O) groups excluding carboxylic acids is 1. The number of esters is 1. The first kappa shape index (κ1) is 20.2. The van der Waals surface area contributed by atoms with Gasteiger partial charge in [-0.05, 0) is 33.6 Å². The van der Waals surface area contributed by atoms with Gasteiger partial charge >= 0.3 is 5.97 Å². The molecular weight excluding hydrogens is 260 g/mol. The minimum absolute atomic E-state index is 0.117. The van der Waals surface area contributed by atoms with E-state index in [1.54, 1.807) is 0 Å². The van der Waals surface area contributed by atoms with Crippen LogP contribution in [0.2, 0.25) is 0 Å². The zero-order chi connectivity index (χ0) is 15.9. The molecule has 0 aromatic carbocycles. The third-order valence-corrected chi connectivity index (χ3v) is 3.91. The zero-order valence-electron chi connectivity index (χ0n) is 14.8. The Morgan fingerprint density at radius 3 is 1.67 bits per heavy atom. The second-order valence-electron chi connectivity index (χ2n) is 6.13. The van der Waals surface area contributed by atoms with Crippen LogP contribution in [-0.2, 0) is 9.53 Å². The summed E-state index contributed by atoms with van der Waals surface area (Å²) in [6.45, 7) is 8.59. The Bertz CT molecular complexity index is 288. The normalized spacial score (nSPS) is 10.5. The van der Waals surface area contributed by atoms with Gasteiger partial charge in [-0.2, -0.15) is 0 Å². The molecule has 0 spiro atoms. The SMILES string of the molecule is CCCCCCCCCCCCC(C(=O)OCC)=C(C)C. The molecule has 0 amide bonds. The van der Waals surface area contributed by atoms with Crippen molar-refractivity contribution < 1.29 is 9.53 Å². The lowest BCUT2D eigenvalue weighted by Gasteiger charge is -2.09. The molecule has 0 aromatic rings. The fourth-order valence-corrected chi connectivity index (χ4v) is 2.56. The maximum absolute atomic E-state index is 11.8. The van der Waals surface area contributed by atoms with E-state index in [4.69, 9.17) is 4.74 Å². The van der Waals surface area contributed by atoms with Gasteiger partial charge in [0.1, 0.15) is 0 Å². The topological polar surface area (TPSA) is 26.3 Å². The van der Waals surface area contributed by atoms with Gasteiger partial charge in [0.2, 0.25) is 0 Å². The molecule has 0 heterocycles. The van der Waals surface area contributed by atoms with Crippen molar-refractivity contribution in [3.8, 4) is 0 Å². The summed E-state index contributed by atoms with van der Waals surface area (Å²) >= 11 is 0. The molecule has 0 saturated heterocycles. The highest BCUT2D eigenvalue weighted by molar-refractivity contribution is 5.89. The van der Waals surface area contributed by atoms with Gasteiger partial charge in [0.15, 0.2) is 0 Å². The summed E-state index contributed by atoms with van der Waals surface area (Å²) in [5.41, 5.74) is 1.99. The Balaban J connectivity index is 3.60. The van der Waals surface area contributed by atoms with Gasteiger partial charge in [-0.3, -0.25) is 0 Å². The monoisotopic (exact) mass is 296 g/mol. The van der Waals surface area contributed by atoms with Crippen molar-refractivity contribution >= 4 is 5.97 Å². The van der Waals surface area contributed by atoms with Gasteiger partial charge in [0, 0.05) is 5.57 Å². The molecule has 0 N–H and O–H groups in total. The Morgan fingerprint density at radius 1 is 0.762 bits per heavy atom. The molecule has 0 unspecified atom stereocenters. The molecule has 0 aromatic heterocycles. The Labute approximate surface area is 132 Å². The van der Waals surface area contributed by atoms with E-state index in [1.165, 1.54) is 57.8 Å². The molecule has 0 aliphatic heterocycles. The third kappa shape index (κ3) is 11.5. The standard InChI is InChI=1S/C19H36O2/c1-5-7-8-9-10-11-12-13-14-15-16-18(17(3)4)19(20)21-6-2/h5-16H2,1-4H3. The highest BCUT2D eigenvalue weighted by atomic mass is 16.5. The van der Waals surface area contributed by atoms with Crippen LogP contribution >= 0.6 is 0 Å². The quantitative estimate of drug-likeness (QED) is 0.230. The first-order valence-electron chi connectivity index (χ1n) is 8.96. The fraction of sp³-hybridized carbons (Fsp3) is 0.842. The van der Waals surface area contributed by atoms with Crippen LogP contribution in [0, 0.1) is 0 Å². The average molecular weight is 296 g/mol. The number of hydrogen-bond donors (Lipinski definition) is 0. The van der Waals surface area contributed by atoms with Crippen molar-refractivity contribution in [1.82, 2.24) is 0 Å². The van der Waals surface area contributed by atoms with Gasteiger partial charge in [-0.15, -0.1) is 0 Å². The predicted molar refractivity (Wildman–Crippen MR) is 91.5 cm³/mol. The summed E-state index contributed by atoms with van der Waals surface area (Å²) in [6, 6.07) is 0. The summed E-state index contributed by atoms with van der Waals surface area (Å²) in [6.07, 6.45) is 14.1. The highest BCUT2D eigenvalue weighted by Crippen LogP contribution is 2.17. The Morgan fingerprint density at radius 2 is 1.24 bits per heavy atom.